The fourth-order valence-corrected chi connectivity index (χ4v) is 2.68. The van der Waals surface area contributed by atoms with E-state index in [1.807, 2.05) is 19.5 Å². The molecule has 0 saturated carbocycles. The molecule has 96 valence electrons. The van der Waals surface area contributed by atoms with E-state index in [0.717, 1.165) is 12.8 Å². The Kier molecular flexibility index (Phi) is 5.95. The summed E-state index contributed by atoms with van der Waals surface area (Å²) in [6.07, 6.45) is 2.18. The number of amides is 1. The summed E-state index contributed by atoms with van der Waals surface area (Å²) in [7, 11) is 4.06. The quantitative estimate of drug-likeness (QED) is 0.865. The summed E-state index contributed by atoms with van der Waals surface area (Å²) in [6, 6.07) is 2.12. The van der Waals surface area contributed by atoms with Crippen LogP contribution in [0.5, 0.6) is 0 Å². The first-order chi connectivity index (χ1) is 8.06. The number of thiophene rings is 1. The van der Waals surface area contributed by atoms with Crippen molar-refractivity contribution in [2.75, 3.05) is 20.6 Å². The van der Waals surface area contributed by atoms with Gasteiger partial charge in [0.25, 0.3) is 5.91 Å². The van der Waals surface area contributed by atoms with Gasteiger partial charge in [0.2, 0.25) is 0 Å². The van der Waals surface area contributed by atoms with Crippen molar-refractivity contribution < 1.29 is 4.79 Å². The Balaban J connectivity index is 2.49. The molecule has 1 atom stereocenters. The van der Waals surface area contributed by atoms with E-state index >= 15 is 0 Å². The lowest BCUT2D eigenvalue weighted by Crippen LogP contribution is -2.40. The van der Waals surface area contributed by atoms with E-state index in [0.29, 0.717) is 22.5 Å². The first-order valence-electron chi connectivity index (χ1n) is 5.73. The topological polar surface area (TPSA) is 32.3 Å². The number of nitrogens with one attached hydrogen (secondary N) is 1. The zero-order valence-electron chi connectivity index (χ0n) is 10.5. The van der Waals surface area contributed by atoms with Gasteiger partial charge in [-0.15, -0.1) is 11.3 Å². The fourth-order valence-electron chi connectivity index (χ4n) is 1.62. The molecule has 0 spiro atoms. The number of carbonyl (C=O) groups is 1. The molecule has 0 saturated heterocycles. The standard InChI is InChI=1S/C12H19ClN2OS/c1-4-5-9(15(2)3)8-14-12(16)11-10(13)6-7-17-11/h6-7,9H,4-5,8H2,1-3H3,(H,14,16)/t9-/m1/s1. The van der Waals surface area contributed by atoms with Crippen LogP contribution in [0.1, 0.15) is 29.4 Å². The average Bonchev–Trinajstić information content (AvgIpc) is 2.69. The van der Waals surface area contributed by atoms with Gasteiger partial charge in [-0.25, -0.2) is 0 Å². The molecule has 0 aliphatic rings. The predicted octanol–water partition coefficient (Wildman–Crippen LogP) is 2.86. The van der Waals surface area contributed by atoms with Crippen LogP contribution in [0.15, 0.2) is 11.4 Å². The summed E-state index contributed by atoms with van der Waals surface area (Å²) < 4.78 is 0. The summed E-state index contributed by atoms with van der Waals surface area (Å²) in [5.41, 5.74) is 0. The molecule has 0 aromatic carbocycles. The molecular weight excluding hydrogens is 256 g/mol. The van der Waals surface area contributed by atoms with E-state index in [-0.39, 0.29) is 5.91 Å². The van der Waals surface area contributed by atoms with E-state index in [1.54, 1.807) is 6.07 Å². The summed E-state index contributed by atoms with van der Waals surface area (Å²) in [6.45, 7) is 2.81. The van der Waals surface area contributed by atoms with Gasteiger partial charge < -0.3 is 10.2 Å². The van der Waals surface area contributed by atoms with Crippen LogP contribution in [0.4, 0.5) is 0 Å². The van der Waals surface area contributed by atoms with E-state index in [9.17, 15) is 4.79 Å². The molecule has 1 heterocycles. The van der Waals surface area contributed by atoms with E-state index < -0.39 is 0 Å². The second-order valence-corrected chi connectivity index (χ2v) is 5.54. The largest absolute Gasteiger partial charge is 0.350 e. The maximum absolute atomic E-state index is 11.9. The number of nitrogens with zero attached hydrogens (tertiary/aromatic N) is 1. The number of likely N-dealkylation sites (N-methyl/N-ethyl adjacent to an activating group) is 1. The molecule has 1 amide bonds. The maximum atomic E-state index is 11.9. The lowest BCUT2D eigenvalue weighted by Gasteiger charge is -2.24. The van der Waals surface area contributed by atoms with Gasteiger partial charge in [-0.3, -0.25) is 4.79 Å². The minimum absolute atomic E-state index is 0.0760. The SMILES string of the molecule is CCC[C@H](CNC(=O)c1sccc1Cl)N(C)C. The van der Waals surface area contributed by atoms with Crippen molar-refractivity contribution in [1.82, 2.24) is 10.2 Å². The van der Waals surface area contributed by atoms with Crippen LogP contribution in [0, 0.1) is 0 Å². The molecule has 1 aromatic rings. The van der Waals surface area contributed by atoms with Gasteiger partial charge in [0.1, 0.15) is 4.88 Å². The molecule has 1 N–H and O–H groups in total. The van der Waals surface area contributed by atoms with Gasteiger partial charge in [-0.1, -0.05) is 24.9 Å². The van der Waals surface area contributed by atoms with Crippen molar-refractivity contribution >= 4 is 28.8 Å². The molecule has 1 rings (SSSR count). The maximum Gasteiger partial charge on any atom is 0.262 e. The third-order valence-corrected chi connectivity index (χ3v) is 4.01. The highest BCUT2D eigenvalue weighted by atomic mass is 35.5. The molecular formula is C12H19ClN2OS. The molecule has 0 fully saturated rings. The zero-order chi connectivity index (χ0) is 12.8. The average molecular weight is 275 g/mol. The Bertz CT molecular complexity index is 365. The normalized spacial score (nSPS) is 12.8. The Labute approximate surface area is 112 Å². The number of rotatable bonds is 6. The van der Waals surface area contributed by atoms with Crippen LogP contribution in [0.25, 0.3) is 0 Å². The number of halogens is 1. The summed E-state index contributed by atoms with van der Waals surface area (Å²) in [5.74, 6) is -0.0760. The molecule has 0 aliphatic carbocycles. The summed E-state index contributed by atoms with van der Waals surface area (Å²) in [4.78, 5) is 14.6. The fraction of sp³-hybridized carbons (Fsp3) is 0.583. The van der Waals surface area contributed by atoms with Crippen molar-refractivity contribution in [1.29, 1.82) is 0 Å². The van der Waals surface area contributed by atoms with E-state index in [4.69, 9.17) is 11.6 Å². The predicted molar refractivity (Wildman–Crippen MR) is 74.0 cm³/mol. The van der Waals surface area contributed by atoms with Crippen LogP contribution in [-0.4, -0.2) is 37.5 Å². The van der Waals surface area contributed by atoms with Crippen molar-refractivity contribution in [3.05, 3.63) is 21.3 Å². The molecule has 0 unspecified atom stereocenters. The van der Waals surface area contributed by atoms with Gasteiger partial charge in [0.15, 0.2) is 0 Å². The highest BCUT2D eigenvalue weighted by Gasteiger charge is 2.15. The molecule has 17 heavy (non-hydrogen) atoms. The zero-order valence-corrected chi connectivity index (χ0v) is 12.1. The minimum Gasteiger partial charge on any atom is -0.350 e. The molecule has 0 aliphatic heterocycles. The molecule has 5 heteroatoms. The van der Waals surface area contributed by atoms with E-state index in [2.05, 4.69) is 17.1 Å². The van der Waals surface area contributed by atoms with Crippen molar-refractivity contribution in [3.63, 3.8) is 0 Å². The van der Waals surface area contributed by atoms with Crippen molar-refractivity contribution in [2.45, 2.75) is 25.8 Å². The van der Waals surface area contributed by atoms with Crippen LogP contribution in [0.2, 0.25) is 5.02 Å². The number of carbonyl (C=O) groups excluding carboxylic acids is 1. The summed E-state index contributed by atoms with van der Waals surface area (Å²) >= 11 is 7.29. The second-order valence-electron chi connectivity index (χ2n) is 4.21. The van der Waals surface area contributed by atoms with E-state index in [1.165, 1.54) is 11.3 Å². The molecule has 3 nitrogen and oxygen atoms in total. The third-order valence-electron chi connectivity index (χ3n) is 2.67. The number of hydrogen-bond acceptors (Lipinski definition) is 3. The van der Waals surface area contributed by atoms with Gasteiger partial charge >= 0.3 is 0 Å². The van der Waals surface area contributed by atoms with Crippen molar-refractivity contribution in [2.24, 2.45) is 0 Å². The Morgan fingerprint density at radius 2 is 2.29 bits per heavy atom. The van der Waals surface area contributed by atoms with Gasteiger partial charge in [0, 0.05) is 12.6 Å². The highest BCUT2D eigenvalue weighted by Crippen LogP contribution is 2.21. The van der Waals surface area contributed by atoms with Gasteiger partial charge in [0.05, 0.1) is 5.02 Å². The Morgan fingerprint density at radius 3 is 2.76 bits per heavy atom. The van der Waals surface area contributed by atoms with Gasteiger partial charge in [-0.2, -0.15) is 0 Å². The second kappa shape index (κ2) is 6.99. The van der Waals surface area contributed by atoms with Gasteiger partial charge in [-0.05, 0) is 32.0 Å². The first kappa shape index (κ1) is 14.5. The summed E-state index contributed by atoms with van der Waals surface area (Å²) in [5, 5.41) is 5.30. The molecule has 0 bridgehead atoms. The first-order valence-corrected chi connectivity index (χ1v) is 6.99. The van der Waals surface area contributed by atoms with Crippen LogP contribution in [-0.2, 0) is 0 Å². The third kappa shape index (κ3) is 4.30. The number of hydrogen-bond donors (Lipinski definition) is 1. The smallest absolute Gasteiger partial charge is 0.262 e. The van der Waals surface area contributed by atoms with Crippen LogP contribution in [0.3, 0.4) is 0 Å². The van der Waals surface area contributed by atoms with Crippen molar-refractivity contribution in [3.8, 4) is 0 Å². The lowest BCUT2D eigenvalue weighted by atomic mass is 10.1. The van der Waals surface area contributed by atoms with Crippen LogP contribution < -0.4 is 5.32 Å². The molecule has 0 radical (unpaired) electrons. The monoisotopic (exact) mass is 274 g/mol. The molecule has 1 aromatic heterocycles. The highest BCUT2D eigenvalue weighted by molar-refractivity contribution is 7.12. The Hall–Kier alpha value is -0.580. The Morgan fingerprint density at radius 1 is 1.59 bits per heavy atom. The van der Waals surface area contributed by atoms with Crippen LogP contribution >= 0.6 is 22.9 Å². The minimum atomic E-state index is -0.0760. The lowest BCUT2D eigenvalue weighted by molar-refractivity contribution is 0.0944.